The molecule has 3 N–H and O–H groups in total. The molecule has 1 aromatic carbocycles. The van der Waals surface area contributed by atoms with Crippen molar-refractivity contribution < 1.29 is 19.0 Å². The number of rotatable bonds is 3. The Hall–Kier alpha value is -2.58. The van der Waals surface area contributed by atoms with Crippen molar-refractivity contribution in [3.8, 4) is 5.75 Å². The minimum Gasteiger partial charge on any atom is -0.449 e. The molecule has 4 atom stereocenters. The van der Waals surface area contributed by atoms with Crippen LogP contribution in [0.4, 0.5) is 14.9 Å². The number of anilines is 1. The van der Waals surface area contributed by atoms with E-state index in [-0.39, 0.29) is 39.3 Å². The highest BCUT2D eigenvalue weighted by atomic mass is 35.5. The molecule has 0 radical (unpaired) electrons. The molecule has 3 fully saturated rings. The topological polar surface area (TPSA) is 97.8 Å². The van der Waals surface area contributed by atoms with E-state index >= 15 is 4.39 Å². The van der Waals surface area contributed by atoms with E-state index in [2.05, 4.69) is 16.9 Å². The van der Waals surface area contributed by atoms with E-state index in [9.17, 15) is 9.59 Å². The van der Waals surface area contributed by atoms with Crippen molar-refractivity contribution in [2.24, 2.45) is 23.5 Å². The van der Waals surface area contributed by atoms with E-state index in [1.54, 1.807) is 4.57 Å². The summed E-state index contributed by atoms with van der Waals surface area (Å²) in [4.78, 5) is 25.9. The summed E-state index contributed by atoms with van der Waals surface area (Å²) in [6.45, 7) is 1.27. The Bertz CT molecular complexity index is 1260. The fraction of sp³-hybridized carbons (Fsp3) is 0.478. The van der Waals surface area contributed by atoms with Gasteiger partial charge in [0.15, 0.2) is 5.75 Å². The van der Waals surface area contributed by atoms with Crippen molar-refractivity contribution in [1.29, 1.82) is 0 Å². The van der Waals surface area contributed by atoms with Gasteiger partial charge in [-0.05, 0) is 43.6 Å². The zero-order valence-corrected chi connectivity index (χ0v) is 18.0. The standard InChI is InChI=1S/C23H23ClFN3O4/c24-18-19-13(21(29)17(32-22(30)31)10-28(19)12-1-2-12)7-16(25)20(18)27-8-14-11-3-5-23(26,6-4-11)15(14)9-27/h3,5,7,10-12,14-15H,1-2,4,6,8-9,26H2,(H,30,31). The van der Waals surface area contributed by atoms with E-state index in [0.29, 0.717) is 30.4 Å². The van der Waals surface area contributed by atoms with Gasteiger partial charge < -0.3 is 25.0 Å². The second-order valence-corrected chi connectivity index (χ2v) is 9.97. The summed E-state index contributed by atoms with van der Waals surface area (Å²) in [5, 5.41) is 9.18. The number of ether oxygens (including phenoxy) is 1. The highest BCUT2D eigenvalue weighted by Crippen LogP contribution is 2.52. The van der Waals surface area contributed by atoms with Crippen molar-refractivity contribution in [3.63, 3.8) is 0 Å². The van der Waals surface area contributed by atoms with E-state index in [1.165, 1.54) is 12.3 Å². The van der Waals surface area contributed by atoms with Crippen molar-refractivity contribution in [2.75, 3.05) is 18.0 Å². The first-order valence-electron chi connectivity index (χ1n) is 11.0. The molecular weight excluding hydrogens is 437 g/mol. The van der Waals surface area contributed by atoms with Crippen LogP contribution in [0.5, 0.6) is 5.75 Å². The second kappa shape index (κ2) is 6.71. The average molecular weight is 460 g/mol. The van der Waals surface area contributed by atoms with E-state index in [4.69, 9.17) is 22.4 Å². The van der Waals surface area contributed by atoms with Crippen LogP contribution in [0.3, 0.4) is 0 Å². The lowest BCUT2D eigenvalue weighted by Gasteiger charge is -2.47. The SMILES string of the molecule is NC12C=CC(CC1)C1CN(c3c(F)cc4c(=O)c(OC(=O)O)cn(C5CC5)c4c3Cl)CC12. The molecule has 0 amide bonds. The number of carboxylic acid groups (broad SMARTS) is 1. The van der Waals surface area contributed by atoms with E-state index in [1.807, 2.05) is 4.90 Å². The predicted molar refractivity (Wildman–Crippen MR) is 118 cm³/mol. The van der Waals surface area contributed by atoms with Gasteiger partial charge in [0.2, 0.25) is 5.43 Å². The number of hydrogen-bond donors (Lipinski definition) is 2. The van der Waals surface area contributed by atoms with Crippen LogP contribution in [0.25, 0.3) is 10.9 Å². The first kappa shape index (κ1) is 20.1. The summed E-state index contributed by atoms with van der Waals surface area (Å²) in [5.41, 5.74) is 6.34. The number of allylic oxidation sites excluding steroid dienone is 1. The molecule has 1 aromatic heterocycles. The Morgan fingerprint density at radius 2 is 2.09 bits per heavy atom. The molecule has 2 bridgehead atoms. The predicted octanol–water partition coefficient (Wildman–Crippen LogP) is 3.92. The van der Waals surface area contributed by atoms with Gasteiger partial charge in [0.25, 0.3) is 0 Å². The van der Waals surface area contributed by atoms with Crippen LogP contribution in [0, 0.1) is 23.6 Å². The number of nitrogens with two attached hydrogens (primary N) is 1. The maximum atomic E-state index is 15.5. The molecule has 5 aliphatic rings. The highest BCUT2D eigenvalue weighted by Gasteiger charge is 2.53. The third kappa shape index (κ3) is 2.82. The largest absolute Gasteiger partial charge is 0.511 e. The first-order chi connectivity index (χ1) is 15.3. The lowest BCUT2D eigenvalue weighted by molar-refractivity contribution is 0.139. The number of pyridine rings is 1. The fourth-order valence-electron chi connectivity index (χ4n) is 6.08. The summed E-state index contributed by atoms with van der Waals surface area (Å²) in [5.74, 6) is 0.0776. The lowest BCUT2D eigenvalue weighted by atomic mass is 9.60. The van der Waals surface area contributed by atoms with Crippen LogP contribution in [0.15, 0.2) is 29.2 Å². The Morgan fingerprint density at radius 3 is 2.72 bits per heavy atom. The van der Waals surface area contributed by atoms with Gasteiger partial charge in [-0.25, -0.2) is 9.18 Å². The van der Waals surface area contributed by atoms with Gasteiger partial charge in [-0.1, -0.05) is 23.8 Å². The van der Waals surface area contributed by atoms with Crippen molar-refractivity contribution in [2.45, 2.75) is 37.3 Å². The molecule has 9 heteroatoms. The second-order valence-electron chi connectivity index (χ2n) is 9.60. The van der Waals surface area contributed by atoms with Gasteiger partial charge in [-0.2, -0.15) is 0 Å². The molecule has 7 nitrogen and oxygen atoms in total. The number of hydrogen-bond acceptors (Lipinski definition) is 5. The smallest absolute Gasteiger partial charge is 0.449 e. The van der Waals surface area contributed by atoms with E-state index in [0.717, 1.165) is 25.7 Å². The number of aromatic nitrogens is 1. The van der Waals surface area contributed by atoms with Crippen molar-refractivity contribution in [3.05, 3.63) is 45.5 Å². The molecular formula is C23H23ClFN3O4. The Kier molecular flexibility index (Phi) is 4.21. The Morgan fingerprint density at radius 1 is 1.31 bits per heavy atom. The molecule has 0 spiro atoms. The molecule has 2 heterocycles. The van der Waals surface area contributed by atoms with Gasteiger partial charge in [0, 0.05) is 30.6 Å². The van der Waals surface area contributed by atoms with Gasteiger partial charge in [-0.3, -0.25) is 4.79 Å². The number of carbonyl (C=O) groups is 1. The Labute approximate surface area is 188 Å². The minimum atomic E-state index is -1.59. The van der Waals surface area contributed by atoms with Crippen molar-refractivity contribution >= 4 is 34.3 Å². The number of benzene rings is 1. The molecule has 2 saturated carbocycles. The summed E-state index contributed by atoms with van der Waals surface area (Å²) in [6, 6.07) is 1.23. The van der Waals surface area contributed by atoms with Gasteiger partial charge in [0.05, 0.1) is 27.8 Å². The van der Waals surface area contributed by atoms with Crippen LogP contribution in [0.2, 0.25) is 5.02 Å². The van der Waals surface area contributed by atoms with Crippen LogP contribution >= 0.6 is 11.6 Å². The number of halogens is 2. The van der Waals surface area contributed by atoms with Gasteiger partial charge in [0.1, 0.15) is 5.82 Å². The van der Waals surface area contributed by atoms with Gasteiger partial charge in [-0.15, -0.1) is 0 Å². The summed E-state index contributed by atoms with van der Waals surface area (Å²) in [7, 11) is 0. The molecule has 2 aromatic rings. The van der Waals surface area contributed by atoms with Crippen LogP contribution in [0.1, 0.15) is 31.7 Å². The van der Waals surface area contributed by atoms with Crippen LogP contribution in [-0.2, 0) is 0 Å². The lowest BCUT2D eigenvalue weighted by Crippen LogP contribution is -2.55. The molecule has 4 aliphatic carbocycles. The highest BCUT2D eigenvalue weighted by molar-refractivity contribution is 6.38. The molecule has 32 heavy (non-hydrogen) atoms. The zero-order valence-electron chi connectivity index (χ0n) is 17.3. The van der Waals surface area contributed by atoms with Crippen molar-refractivity contribution in [1.82, 2.24) is 4.57 Å². The fourth-order valence-corrected chi connectivity index (χ4v) is 6.49. The molecule has 1 aliphatic heterocycles. The number of fused-ring (bicyclic) bond motifs is 2. The quantitative estimate of drug-likeness (QED) is 0.533. The van der Waals surface area contributed by atoms with Gasteiger partial charge >= 0.3 is 6.16 Å². The Balaban J connectivity index is 1.49. The molecule has 4 unspecified atom stereocenters. The molecule has 168 valence electrons. The molecule has 7 rings (SSSR count). The summed E-state index contributed by atoms with van der Waals surface area (Å²) >= 11 is 6.81. The summed E-state index contributed by atoms with van der Waals surface area (Å²) < 4.78 is 21.9. The third-order valence-corrected chi connectivity index (χ3v) is 8.13. The molecule has 1 saturated heterocycles. The number of nitrogens with zero attached hydrogens (tertiary/aromatic N) is 2. The normalized spacial score (nSPS) is 30.7. The maximum absolute atomic E-state index is 15.5. The van der Waals surface area contributed by atoms with Crippen LogP contribution in [-0.4, -0.2) is 34.5 Å². The van der Waals surface area contributed by atoms with Crippen LogP contribution < -0.4 is 20.8 Å². The monoisotopic (exact) mass is 459 g/mol. The maximum Gasteiger partial charge on any atom is 0.511 e. The average Bonchev–Trinajstić information content (AvgIpc) is 3.48. The van der Waals surface area contributed by atoms with E-state index < -0.39 is 17.4 Å². The zero-order chi connectivity index (χ0) is 22.4. The third-order valence-electron chi connectivity index (χ3n) is 7.77. The first-order valence-corrected chi connectivity index (χ1v) is 11.4. The summed E-state index contributed by atoms with van der Waals surface area (Å²) in [6.07, 6.45) is 7.83. The minimum absolute atomic E-state index is 0.0237.